The first-order valence-corrected chi connectivity index (χ1v) is 7.58. The molecule has 3 nitrogen and oxygen atoms in total. The van der Waals surface area contributed by atoms with E-state index in [2.05, 4.69) is 10.9 Å². The fourth-order valence-corrected chi connectivity index (χ4v) is 3.03. The number of hydrogen-bond acceptors (Lipinski definition) is 2. The molecule has 0 atom stereocenters. The van der Waals surface area contributed by atoms with Crippen LogP contribution in [-0.2, 0) is 17.7 Å². The van der Waals surface area contributed by atoms with Gasteiger partial charge in [-0.1, -0.05) is 36.4 Å². The van der Waals surface area contributed by atoms with Gasteiger partial charge in [0.25, 0.3) is 0 Å². The molecule has 0 unspecified atom stereocenters. The van der Waals surface area contributed by atoms with Crippen molar-refractivity contribution in [3.05, 3.63) is 87.8 Å². The summed E-state index contributed by atoms with van der Waals surface area (Å²) >= 11 is 0. The largest absolute Gasteiger partial charge is 0.465 e. The van der Waals surface area contributed by atoms with E-state index < -0.39 is 0 Å². The van der Waals surface area contributed by atoms with Crippen molar-refractivity contribution in [2.24, 2.45) is 0 Å². The number of benzene rings is 2. The number of carbonyl (C=O) groups is 1. The number of aryl methyl sites for hydroxylation is 1. The van der Waals surface area contributed by atoms with Crippen molar-refractivity contribution in [1.82, 2.24) is 0 Å². The van der Waals surface area contributed by atoms with Crippen LogP contribution in [0.5, 0.6) is 0 Å². The standard InChI is InChI=1S/C20H17NO2/c1-21-13-16-6-3-4-8-17(16)18-9-5-7-14-10-11-15(12-19(14)18)20(22)23-2/h3-4,6,8-12H,5,7,13H2,2H3. The highest BCUT2D eigenvalue weighted by atomic mass is 16.5. The summed E-state index contributed by atoms with van der Waals surface area (Å²) in [6.45, 7) is 7.52. The van der Waals surface area contributed by atoms with Crippen LogP contribution in [0.15, 0.2) is 48.5 Å². The van der Waals surface area contributed by atoms with Gasteiger partial charge in [0.05, 0.1) is 12.7 Å². The third-order valence-electron chi connectivity index (χ3n) is 4.14. The molecular weight excluding hydrogens is 286 g/mol. The Morgan fingerprint density at radius 3 is 2.83 bits per heavy atom. The monoisotopic (exact) mass is 303 g/mol. The van der Waals surface area contributed by atoms with E-state index in [4.69, 9.17) is 11.3 Å². The number of carbonyl (C=O) groups excluding carboxylic acids is 1. The summed E-state index contributed by atoms with van der Waals surface area (Å²) in [7, 11) is 1.39. The topological polar surface area (TPSA) is 30.7 Å². The van der Waals surface area contributed by atoms with Crippen LogP contribution in [0, 0.1) is 6.57 Å². The Labute approximate surface area is 136 Å². The van der Waals surface area contributed by atoms with Gasteiger partial charge in [-0.3, -0.25) is 0 Å². The van der Waals surface area contributed by atoms with Crippen LogP contribution in [0.1, 0.15) is 39.0 Å². The highest BCUT2D eigenvalue weighted by molar-refractivity contribution is 5.93. The van der Waals surface area contributed by atoms with Gasteiger partial charge < -0.3 is 9.58 Å². The second-order valence-electron chi connectivity index (χ2n) is 5.49. The van der Waals surface area contributed by atoms with E-state index in [1.807, 2.05) is 42.5 Å². The van der Waals surface area contributed by atoms with Gasteiger partial charge in [0.1, 0.15) is 0 Å². The van der Waals surface area contributed by atoms with E-state index >= 15 is 0 Å². The third kappa shape index (κ3) is 2.89. The molecule has 0 saturated heterocycles. The lowest BCUT2D eigenvalue weighted by Gasteiger charge is -2.20. The third-order valence-corrected chi connectivity index (χ3v) is 4.14. The predicted octanol–water partition coefficient (Wildman–Crippen LogP) is 4.27. The van der Waals surface area contributed by atoms with Gasteiger partial charge >= 0.3 is 5.97 Å². The average Bonchev–Trinajstić information content (AvgIpc) is 2.61. The molecule has 1 aliphatic rings. The van der Waals surface area contributed by atoms with E-state index in [1.165, 1.54) is 12.7 Å². The maximum atomic E-state index is 11.8. The van der Waals surface area contributed by atoms with Gasteiger partial charge in [0.2, 0.25) is 6.54 Å². The minimum absolute atomic E-state index is 0.327. The summed E-state index contributed by atoms with van der Waals surface area (Å²) in [6, 6.07) is 13.7. The molecule has 0 aliphatic heterocycles. The Morgan fingerprint density at radius 2 is 2.04 bits per heavy atom. The lowest BCUT2D eigenvalue weighted by atomic mass is 9.84. The zero-order valence-corrected chi connectivity index (χ0v) is 13.0. The Bertz CT molecular complexity index is 828. The fraction of sp³-hybridized carbons (Fsp3) is 0.200. The Morgan fingerprint density at radius 1 is 1.22 bits per heavy atom. The van der Waals surface area contributed by atoms with Crippen LogP contribution in [0.2, 0.25) is 0 Å². The van der Waals surface area contributed by atoms with E-state index in [-0.39, 0.29) is 5.97 Å². The smallest absolute Gasteiger partial charge is 0.337 e. The molecule has 1 aliphatic carbocycles. The van der Waals surface area contributed by atoms with Crippen LogP contribution in [0.4, 0.5) is 0 Å². The number of esters is 1. The Hall–Kier alpha value is -2.86. The molecule has 0 fully saturated rings. The molecule has 0 heterocycles. The molecule has 2 aromatic rings. The second-order valence-corrected chi connectivity index (χ2v) is 5.49. The average molecular weight is 303 g/mol. The molecule has 0 N–H and O–H groups in total. The molecule has 0 spiro atoms. The predicted molar refractivity (Wildman–Crippen MR) is 89.9 cm³/mol. The number of methoxy groups -OCH3 is 1. The van der Waals surface area contributed by atoms with Gasteiger partial charge in [-0.05, 0) is 47.2 Å². The first-order valence-electron chi connectivity index (χ1n) is 7.58. The number of nitrogens with zero attached hydrogens (tertiary/aromatic N) is 1. The van der Waals surface area contributed by atoms with Crippen LogP contribution < -0.4 is 0 Å². The normalized spacial score (nSPS) is 12.8. The highest BCUT2D eigenvalue weighted by Crippen LogP contribution is 2.34. The first kappa shape index (κ1) is 15.1. The zero-order valence-electron chi connectivity index (χ0n) is 13.0. The van der Waals surface area contributed by atoms with Gasteiger partial charge in [-0.15, -0.1) is 0 Å². The van der Waals surface area contributed by atoms with Crippen molar-refractivity contribution >= 4 is 11.5 Å². The van der Waals surface area contributed by atoms with Crippen molar-refractivity contribution in [3.63, 3.8) is 0 Å². The first-order chi connectivity index (χ1) is 11.2. The van der Waals surface area contributed by atoms with Crippen molar-refractivity contribution < 1.29 is 9.53 Å². The van der Waals surface area contributed by atoms with Gasteiger partial charge in [-0.2, -0.15) is 0 Å². The molecule has 0 aromatic heterocycles. The van der Waals surface area contributed by atoms with Crippen molar-refractivity contribution in [2.45, 2.75) is 19.4 Å². The lowest BCUT2D eigenvalue weighted by Crippen LogP contribution is -2.07. The molecule has 114 valence electrons. The molecule has 0 radical (unpaired) electrons. The second kappa shape index (κ2) is 6.50. The molecular formula is C20H17NO2. The van der Waals surface area contributed by atoms with Crippen molar-refractivity contribution in [1.29, 1.82) is 0 Å². The van der Waals surface area contributed by atoms with Crippen molar-refractivity contribution in [3.8, 4) is 0 Å². The SMILES string of the molecule is [C-]#[N+]Cc1ccccc1C1=CCCc2ccc(C(=O)OC)cc21. The minimum Gasteiger partial charge on any atom is -0.465 e. The Kier molecular flexibility index (Phi) is 4.25. The summed E-state index contributed by atoms with van der Waals surface area (Å²) < 4.78 is 4.83. The summed E-state index contributed by atoms with van der Waals surface area (Å²) in [6.07, 6.45) is 4.13. The molecule has 0 amide bonds. The number of fused-ring (bicyclic) bond motifs is 1. The van der Waals surface area contributed by atoms with Crippen LogP contribution >= 0.6 is 0 Å². The van der Waals surface area contributed by atoms with E-state index in [0.29, 0.717) is 12.1 Å². The van der Waals surface area contributed by atoms with E-state index in [1.54, 1.807) is 0 Å². The molecule has 0 bridgehead atoms. The summed E-state index contributed by atoms with van der Waals surface area (Å²) in [5, 5.41) is 0. The lowest BCUT2D eigenvalue weighted by molar-refractivity contribution is 0.0600. The quantitative estimate of drug-likeness (QED) is 0.626. The van der Waals surface area contributed by atoms with E-state index in [0.717, 1.165) is 35.1 Å². The molecule has 3 rings (SSSR count). The minimum atomic E-state index is -0.327. The summed E-state index contributed by atoms with van der Waals surface area (Å²) in [4.78, 5) is 15.4. The molecule has 0 saturated carbocycles. The molecule has 2 aromatic carbocycles. The highest BCUT2D eigenvalue weighted by Gasteiger charge is 2.19. The zero-order chi connectivity index (χ0) is 16.2. The number of rotatable bonds is 3. The van der Waals surface area contributed by atoms with Crippen LogP contribution in [-0.4, -0.2) is 13.1 Å². The number of allylic oxidation sites excluding steroid dienone is 1. The van der Waals surface area contributed by atoms with E-state index in [9.17, 15) is 4.79 Å². The van der Waals surface area contributed by atoms with Gasteiger partial charge in [-0.25, -0.2) is 11.4 Å². The van der Waals surface area contributed by atoms with Crippen molar-refractivity contribution in [2.75, 3.05) is 7.11 Å². The molecule has 3 heteroatoms. The Balaban J connectivity index is 2.12. The number of ether oxygens (including phenoxy) is 1. The maximum Gasteiger partial charge on any atom is 0.337 e. The summed E-state index contributed by atoms with van der Waals surface area (Å²) in [5.74, 6) is -0.327. The van der Waals surface area contributed by atoms with Gasteiger partial charge in [0, 0.05) is 5.56 Å². The number of hydrogen-bond donors (Lipinski definition) is 0. The van der Waals surface area contributed by atoms with Crippen LogP contribution in [0.3, 0.4) is 0 Å². The van der Waals surface area contributed by atoms with Crippen LogP contribution in [0.25, 0.3) is 10.4 Å². The molecule has 23 heavy (non-hydrogen) atoms. The summed E-state index contributed by atoms with van der Waals surface area (Å²) in [5.41, 5.74) is 6.05. The maximum absolute atomic E-state index is 11.8. The fourth-order valence-electron chi connectivity index (χ4n) is 3.03. The van der Waals surface area contributed by atoms with Gasteiger partial charge in [0.15, 0.2) is 0 Å².